The smallest absolute Gasteiger partial charge is 0.223 e. The van der Waals surface area contributed by atoms with Gasteiger partial charge < -0.3 is 15.8 Å². The van der Waals surface area contributed by atoms with Gasteiger partial charge in [-0.25, -0.2) is 0 Å². The van der Waals surface area contributed by atoms with Crippen LogP contribution in [0.4, 0.5) is 0 Å². The van der Waals surface area contributed by atoms with Gasteiger partial charge in [0.25, 0.3) is 0 Å². The van der Waals surface area contributed by atoms with Gasteiger partial charge in [-0.3, -0.25) is 4.79 Å². The first-order chi connectivity index (χ1) is 9.47. The van der Waals surface area contributed by atoms with Gasteiger partial charge in [-0.05, 0) is 37.5 Å². The van der Waals surface area contributed by atoms with Crippen molar-refractivity contribution in [3.8, 4) is 5.75 Å². The molecule has 0 aromatic heterocycles. The van der Waals surface area contributed by atoms with Crippen molar-refractivity contribution < 1.29 is 9.53 Å². The highest BCUT2D eigenvalue weighted by Crippen LogP contribution is 2.29. The zero-order chi connectivity index (χ0) is 14.7. The van der Waals surface area contributed by atoms with Gasteiger partial charge in [-0.15, -0.1) is 0 Å². The summed E-state index contributed by atoms with van der Waals surface area (Å²) >= 11 is 3.52. The maximum absolute atomic E-state index is 11.1. The van der Waals surface area contributed by atoms with E-state index in [2.05, 4.69) is 27.3 Å². The molecular weight excluding hydrogens is 320 g/mol. The predicted octanol–water partition coefficient (Wildman–Crippen LogP) is 2.51. The van der Waals surface area contributed by atoms with Crippen molar-refractivity contribution in [3.63, 3.8) is 0 Å². The number of carbonyl (C=O) groups is 1. The van der Waals surface area contributed by atoms with Crippen LogP contribution in [0.3, 0.4) is 0 Å². The van der Waals surface area contributed by atoms with Crippen LogP contribution in [0.15, 0.2) is 16.6 Å². The van der Waals surface area contributed by atoms with Crippen LogP contribution in [0.5, 0.6) is 5.75 Å². The lowest BCUT2D eigenvalue weighted by Crippen LogP contribution is -2.26. The maximum atomic E-state index is 11.1. The molecule has 5 heteroatoms. The van der Waals surface area contributed by atoms with E-state index in [0.29, 0.717) is 12.6 Å². The molecule has 20 heavy (non-hydrogen) atoms. The minimum absolute atomic E-state index is 0.290. The molecule has 0 bridgehead atoms. The Kier molecular flexibility index (Phi) is 5.05. The quantitative estimate of drug-likeness (QED) is 0.801. The number of nitrogens with one attached hydrogen (secondary N) is 1. The molecule has 1 fully saturated rings. The number of ether oxygens (including phenoxy) is 1. The number of hydrogen-bond donors (Lipinski definition) is 2. The molecule has 110 valence electrons. The second kappa shape index (κ2) is 6.59. The van der Waals surface area contributed by atoms with Gasteiger partial charge in [0.05, 0.1) is 12.5 Å². The molecular formula is C15H21BrN2O2. The number of rotatable bonds is 7. The third-order valence-electron chi connectivity index (χ3n) is 3.44. The maximum Gasteiger partial charge on any atom is 0.223 e. The Morgan fingerprint density at radius 3 is 2.85 bits per heavy atom. The van der Waals surface area contributed by atoms with Crippen LogP contribution in [0.25, 0.3) is 0 Å². The van der Waals surface area contributed by atoms with E-state index in [4.69, 9.17) is 10.5 Å². The van der Waals surface area contributed by atoms with Gasteiger partial charge in [0, 0.05) is 22.6 Å². The van der Waals surface area contributed by atoms with E-state index in [-0.39, 0.29) is 11.8 Å². The summed E-state index contributed by atoms with van der Waals surface area (Å²) in [5, 5.41) is 3.49. The SMILES string of the molecule is Cc1cc(Br)cc(CNC2CC2)c1OCC(C)C(N)=O. The van der Waals surface area contributed by atoms with Gasteiger partial charge in [-0.1, -0.05) is 22.9 Å². The molecule has 1 saturated carbocycles. The molecule has 1 aromatic carbocycles. The zero-order valence-electron chi connectivity index (χ0n) is 11.9. The van der Waals surface area contributed by atoms with Crippen LogP contribution in [0.2, 0.25) is 0 Å². The molecule has 0 saturated heterocycles. The van der Waals surface area contributed by atoms with E-state index in [9.17, 15) is 4.79 Å². The monoisotopic (exact) mass is 340 g/mol. The first-order valence-corrected chi connectivity index (χ1v) is 7.71. The van der Waals surface area contributed by atoms with E-state index in [0.717, 1.165) is 27.9 Å². The van der Waals surface area contributed by atoms with Gasteiger partial charge in [0.15, 0.2) is 0 Å². The van der Waals surface area contributed by atoms with Crippen LogP contribution in [-0.4, -0.2) is 18.6 Å². The summed E-state index contributed by atoms with van der Waals surface area (Å²) in [5.74, 6) is 0.231. The van der Waals surface area contributed by atoms with E-state index in [1.165, 1.54) is 12.8 Å². The summed E-state index contributed by atoms with van der Waals surface area (Å²) in [7, 11) is 0. The first kappa shape index (κ1) is 15.3. The average molecular weight is 341 g/mol. The van der Waals surface area contributed by atoms with Crippen LogP contribution in [-0.2, 0) is 11.3 Å². The van der Waals surface area contributed by atoms with Crippen molar-refractivity contribution in [2.24, 2.45) is 11.7 Å². The molecule has 1 atom stereocenters. The molecule has 4 nitrogen and oxygen atoms in total. The molecule has 3 N–H and O–H groups in total. The lowest BCUT2D eigenvalue weighted by Gasteiger charge is -2.17. The van der Waals surface area contributed by atoms with Crippen molar-refractivity contribution in [2.45, 2.75) is 39.3 Å². The number of benzene rings is 1. The van der Waals surface area contributed by atoms with Crippen LogP contribution in [0, 0.1) is 12.8 Å². The Balaban J connectivity index is 2.09. The van der Waals surface area contributed by atoms with Gasteiger partial charge >= 0.3 is 0 Å². The molecule has 1 aromatic rings. The fourth-order valence-electron chi connectivity index (χ4n) is 1.97. The molecule has 1 aliphatic carbocycles. The van der Waals surface area contributed by atoms with Crippen molar-refractivity contribution in [1.82, 2.24) is 5.32 Å². The molecule has 0 spiro atoms. The van der Waals surface area contributed by atoms with Gasteiger partial charge in [0.2, 0.25) is 5.91 Å². The highest BCUT2D eigenvalue weighted by molar-refractivity contribution is 9.10. The Bertz CT molecular complexity index is 501. The topological polar surface area (TPSA) is 64.3 Å². The van der Waals surface area contributed by atoms with Crippen LogP contribution in [0.1, 0.15) is 30.9 Å². The first-order valence-electron chi connectivity index (χ1n) is 6.92. The number of hydrogen-bond acceptors (Lipinski definition) is 3. The normalized spacial score (nSPS) is 15.9. The second-order valence-electron chi connectivity index (χ2n) is 5.48. The summed E-state index contributed by atoms with van der Waals surface area (Å²) in [6.07, 6.45) is 2.50. The predicted molar refractivity (Wildman–Crippen MR) is 82.6 cm³/mol. The van der Waals surface area contributed by atoms with Crippen molar-refractivity contribution >= 4 is 21.8 Å². The van der Waals surface area contributed by atoms with Crippen molar-refractivity contribution in [1.29, 1.82) is 0 Å². The molecule has 1 unspecified atom stereocenters. The second-order valence-corrected chi connectivity index (χ2v) is 6.40. The highest BCUT2D eigenvalue weighted by Gasteiger charge is 2.21. The molecule has 1 aliphatic rings. The minimum Gasteiger partial charge on any atom is -0.492 e. The molecule has 0 aliphatic heterocycles. The largest absolute Gasteiger partial charge is 0.492 e. The summed E-state index contributed by atoms with van der Waals surface area (Å²) in [6, 6.07) is 4.73. The standard InChI is InChI=1S/C15H21BrN2O2/c1-9-5-12(16)6-11(7-18-13-3-4-13)14(9)20-8-10(2)15(17)19/h5-6,10,13,18H,3-4,7-8H2,1-2H3,(H2,17,19). The Morgan fingerprint density at radius 1 is 1.55 bits per heavy atom. The number of halogens is 1. The Morgan fingerprint density at radius 2 is 2.25 bits per heavy atom. The lowest BCUT2D eigenvalue weighted by atomic mass is 10.1. The van der Waals surface area contributed by atoms with Crippen molar-refractivity contribution in [3.05, 3.63) is 27.7 Å². The molecule has 1 amide bonds. The lowest BCUT2D eigenvalue weighted by molar-refractivity contribution is -0.122. The number of aryl methyl sites for hydroxylation is 1. The van der Waals surface area contributed by atoms with Gasteiger partial charge in [0.1, 0.15) is 5.75 Å². The number of amides is 1. The third-order valence-corrected chi connectivity index (χ3v) is 3.90. The van der Waals surface area contributed by atoms with Crippen molar-refractivity contribution in [2.75, 3.05) is 6.61 Å². The van der Waals surface area contributed by atoms with Gasteiger partial charge in [-0.2, -0.15) is 0 Å². The van der Waals surface area contributed by atoms with E-state index < -0.39 is 0 Å². The number of primary amides is 1. The summed E-state index contributed by atoms with van der Waals surface area (Å²) < 4.78 is 6.88. The Hall–Kier alpha value is -1.07. The van der Waals surface area contributed by atoms with E-state index >= 15 is 0 Å². The molecule has 2 rings (SSSR count). The summed E-state index contributed by atoms with van der Waals surface area (Å²) in [4.78, 5) is 11.1. The molecule has 0 radical (unpaired) electrons. The Labute approximate surface area is 128 Å². The number of nitrogens with two attached hydrogens (primary N) is 1. The van der Waals surface area contributed by atoms with Crippen LogP contribution >= 0.6 is 15.9 Å². The summed E-state index contributed by atoms with van der Waals surface area (Å²) in [6.45, 7) is 4.88. The zero-order valence-corrected chi connectivity index (χ0v) is 13.5. The van der Waals surface area contributed by atoms with E-state index in [1.807, 2.05) is 13.0 Å². The highest BCUT2D eigenvalue weighted by atomic mass is 79.9. The fraction of sp³-hybridized carbons (Fsp3) is 0.533. The molecule has 0 heterocycles. The van der Waals surface area contributed by atoms with E-state index in [1.54, 1.807) is 6.92 Å². The van der Waals surface area contributed by atoms with Crippen LogP contribution < -0.4 is 15.8 Å². The fourth-order valence-corrected chi connectivity index (χ4v) is 2.59. The summed E-state index contributed by atoms with van der Waals surface area (Å²) in [5.41, 5.74) is 7.44. The third kappa shape index (κ3) is 4.21. The average Bonchev–Trinajstić information content (AvgIpc) is 3.18. The number of carbonyl (C=O) groups excluding carboxylic acids is 1. The minimum atomic E-state index is -0.336.